The molecule has 6 aromatic rings. The normalized spacial score (nSPS) is 12.0. The largest absolute Gasteiger partial charge is 2.00 e. The van der Waals surface area contributed by atoms with E-state index < -0.39 is 23.7 Å². The molecule has 0 aliphatic carbocycles. The first-order chi connectivity index (χ1) is 25.4. The van der Waals surface area contributed by atoms with Crippen molar-refractivity contribution in [3.05, 3.63) is 119 Å². The van der Waals surface area contributed by atoms with Crippen LogP contribution in [0.3, 0.4) is 0 Å². The molecule has 0 saturated carbocycles. The molecule has 0 radical (unpaired) electrons. The Bertz CT molecular complexity index is 1960. The first kappa shape index (κ1) is 43.2. The van der Waals surface area contributed by atoms with Gasteiger partial charge in [-0.1, -0.05) is 115 Å². The van der Waals surface area contributed by atoms with Gasteiger partial charge in [0.2, 0.25) is 0 Å². The van der Waals surface area contributed by atoms with Crippen molar-refractivity contribution < 1.29 is 47.4 Å². The van der Waals surface area contributed by atoms with Crippen LogP contribution in [0.4, 0.5) is 26.3 Å². The Morgan fingerprint density at radius 1 is 0.473 bits per heavy atom. The summed E-state index contributed by atoms with van der Waals surface area (Å²) in [4.78, 5) is 8.70. The van der Waals surface area contributed by atoms with Gasteiger partial charge in [-0.15, -0.1) is 0 Å². The van der Waals surface area contributed by atoms with E-state index in [1.54, 1.807) is 24.5 Å². The molecule has 6 nitrogen and oxygen atoms in total. The molecule has 2 aromatic carbocycles. The number of hydrogen-bond donors (Lipinski definition) is 0. The van der Waals surface area contributed by atoms with Gasteiger partial charge in [-0.05, 0) is 81.3 Å². The molecule has 4 heterocycles. The van der Waals surface area contributed by atoms with Gasteiger partial charge in [0.25, 0.3) is 0 Å². The predicted molar refractivity (Wildman–Crippen MR) is 199 cm³/mol. The van der Waals surface area contributed by atoms with Crippen LogP contribution in [-0.2, 0) is 33.4 Å². The average molecular weight is 940 g/mol. The van der Waals surface area contributed by atoms with E-state index in [9.17, 15) is 26.3 Å². The fourth-order valence-corrected chi connectivity index (χ4v) is 6.27. The van der Waals surface area contributed by atoms with E-state index in [4.69, 9.17) is 0 Å². The molecule has 292 valence electrons. The topological polar surface area (TPSA) is 79.8 Å². The van der Waals surface area contributed by atoms with Gasteiger partial charge in [0.05, 0.1) is 0 Å². The van der Waals surface area contributed by atoms with Crippen molar-refractivity contribution in [2.75, 3.05) is 0 Å². The maximum Gasteiger partial charge on any atom is 2.00 e. The number of aromatic nitrogens is 6. The second-order valence-corrected chi connectivity index (χ2v) is 14.3. The molecule has 55 heavy (non-hydrogen) atoms. The Morgan fingerprint density at radius 2 is 0.782 bits per heavy atom. The van der Waals surface area contributed by atoms with Gasteiger partial charge in [-0.25, -0.2) is 0 Å². The molecule has 0 amide bonds. The minimum Gasteiger partial charge on any atom is -0.573 e. The molecule has 0 saturated heterocycles. The monoisotopic (exact) mass is 939 g/mol. The Balaban J connectivity index is 0.000000240. The van der Waals surface area contributed by atoms with Crippen molar-refractivity contribution in [1.29, 1.82) is 0 Å². The molecule has 0 aliphatic heterocycles. The molecule has 0 spiro atoms. The van der Waals surface area contributed by atoms with Crippen molar-refractivity contribution in [3.63, 3.8) is 0 Å². The Kier molecular flexibility index (Phi) is 13.7. The maximum absolute atomic E-state index is 12.7. The average Bonchev–Trinajstić information content (AvgIpc) is 3.83. The van der Waals surface area contributed by atoms with Gasteiger partial charge in [0.1, 0.15) is 11.4 Å². The first-order valence-electron chi connectivity index (χ1n) is 17.7. The summed E-state index contributed by atoms with van der Waals surface area (Å²) in [6, 6.07) is 21.6. The molecule has 0 N–H and O–H groups in total. The number of benzene rings is 2. The van der Waals surface area contributed by atoms with E-state index in [2.05, 4.69) is 122 Å². The van der Waals surface area contributed by atoms with Crippen LogP contribution in [0.5, 0.6) is 0 Å². The smallest absolute Gasteiger partial charge is 0.573 e. The van der Waals surface area contributed by atoms with Crippen molar-refractivity contribution >= 4 is 0 Å². The van der Waals surface area contributed by atoms with Crippen LogP contribution in [-0.4, -0.2) is 20.2 Å². The van der Waals surface area contributed by atoms with E-state index in [-0.39, 0.29) is 32.5 Å². The fourth-order valence-electron chi connectivity index (χ4n) is 6.27. The van der Waals surface area contributed by atoms with Gasteiger partial charge in [-0.2, -0.15) is 26.3 Å². The molecule has 6 rings (SSSR count). The summed E-state index contributed by atoms with van der Waals surface area (Å²) in [5, 5.41) is 13.6. The number of halogens is 6. The van der Waals surface area contributed by atoms with Gasteiger partial charge in [0.15, 0.2) is 0 Å². The third-order valence-electron chi connectivity index (χ3n) is 9.03. The Hall–Kier alpha value is -4.57. The zero-order chi connectivity index (χ0) is 39.5. The first-order valence-corrected chi connectivity index (χ1v) is 17.7. The van der Waals surface area contributed by atoms with E-state index >= 15 is 0 Å². The summed E-state index contributed by atoms with van der Waals surface area (Å²) in [5.74, 6) is 1.37. The van der Waals surface area contributed by atoms with Gasteiger partial charge < -0.3 is 20.4 Å². The fraction of sp³-hybridized carbons (Fsp3) is 0.333. The molecule has 0 fully saturated rings. The van der Waals surface area contributed by atoms with Crippen molar-refractivity contribution in [2.45, 2.75) is 91.4 Å². The zero-order valence-corrected chi connectivity index (χ0v) is 33.9. The van der Waals surface area contributed by atoms with Crippen LogP contribution < -0.4 is 10.2 Å². The van der Waals surface area contributed by atoms with Gasteiger partial charge in [-0.3, -0.25) is 9.97 Å². The molecule has 0 bridgehead atoms. The predicted octanol–water partition coefficient (Wildman–Crippen LogP) is 12.1. The Morgan fingerprint density at radius 3 is 1.00 bits per heavy atom. The molecule has 0 atom stereocenters. The van der Waals surface area contributed by atoms with E-state index in [0.29, 0.717) is 35.1 Å². The maximum atomic E-state index is 12.7. The minimum absolute atomic E-state index is 0. The standard InChI is InChI=1S/2C21H21F3N3.Pt/c2*1-12(2)15-6-5-7-16(13(3)4)20(15)14-8-9-17(25-11-14)18-10-19(27-26-18)21(22,23)24;/h2*5-13H,1-4H3;/q2*-1;+2. The molecular formula is C42H42F6N6Pt. The van der Waals surface area contributed by atoms with Crippen LogP contribution in [0.15, 0.2) is 85.2 Å². The van der Waals surface area contributed by atoms with E-state index in [1.807, 2.05) is 12.1 Å². The second-order valence-electron chi connectivity index (χ2n) is 14.3. The quantitative estimate of drug-likeness (QED) is 0.141. The molecular weight excluding hydrogens is 898 g/mol. The van der Waals surface area contributed by atoms with Crippen molar-refractivity contribution in [1.82, 2.24) is 30.4 Å². The van der Waals surface area contributed by atoms with Crippen LogP contribution >= 0.6 is 0 Å². The summed E-state index contributed by atoms with van der Waals surface area (Å²) in [5.41, 5.74) is 8.06. The SMILES string of the molecule is CC(C)c1cccc(C(C)C)c1-c1ccc(-c2cc(C(F)(F)F)n[n-]2)nc1.CC(C)c1cccc(C(C)C)c1-c1ccc(-c2cc(C(F)(F)F)n[n-]2)nc1.[Pt+2]. The second kappa shape index (κ2) is 17.5. The van der Waals surface area contributed by atoms with Gasteiger partial charge in [0, 0.05) is 34.9 Å². The third kappa shape index (κ3) is 10.0. The molecule has 0 aliphatic rings. The molecule has 0 unspecified atom stereocenters. The Labute approximate surface area is 331 Å². The number of rotatable bonds is 8. The van der Waals surface area contributed by atoms with E-state index in [0.717, 1.165) is 34.4 Å². The van der Waals surface area contributed by atoms with Crippen LogP contribution in [0.2, 0.25) is 0 Å². The molecule has 4 aromatic heterocycles. The van der Waals surface area contributed by atoms with E-state index in [1.165, 1.54) is 22.3 Å². The van der Waals surface area contributed by atoms with Gasteiger partial charge >= 0.3 is 33.4 Å². The summed E-state index contributed by atoms with van der Waals surface area (Å²) in [6.07, 6.45) is -5.62. The minimum atomic E-state index is -4.51. The zero-order valence-electron chi connectivity index (χ0n) is 31.7. The number of hydrogen-bond acceptors (Lipinski definition) is 4. The summed E-state index contributed by atoms with van der Waals surface area (Å²) in [6.45, 7) is 17.1. The van der Waals surface area contributed by atoms with Crippen molar-refractivity contribution in [3.8, 4) is 45.0 Å². The summed E-state index contributed by atoms with van der Waals surface area (Å²) >= 11 is 0. The summed E-state index contributed by atoms with van der Waals surface area (Å²) < 4.78 is 76.3. The molecule has 13 heteroatoms. The van der Waals surface area contributed by atoms with Crippen LogP contribution in [0.25, 0.3) is 45.0 Å². The van der Waals surface area contributed by atoms with Crippen molar-refractivity contribution in [2.24, 2.45) is 0 Å². The van der Waals surface area contributed by atoms with Crippen LogP contribution in [0.1, 0.15) is 113 Å². The third-order valence-corrected chi connectivity index (χ3v) is 9.03. The van der Waals surface area contributed by atoms with Crippen LogP contribution in [0, 0.1) is 0 Å². The number of pyridine rings is 2. The number of nitrogens with zero attached hydrogens (tertiary/aromatic N) is 6. The summed E-state index contributed by atoms with van der Waals surface area (Å²) in [7, 11) is 0. The number of alkyl halides is 6.